The van der Waals surface area contributed by atoms with Crippen LogP contribution < -0.4 is 10.2 Å². The van der Waals surface area contributed by atoms with E-state index in [9.17, 15) is 4.79 Å². The molecule has 18 heavy (non-hydrogen) atoms. The highest BCUT2D eigenvalue weighted by atomic mass is 16.5. The summed E-state index contributed by atoms with van der Waals surface area (Å²) < 4.78 is 11.0. The van der Waals surface area contributed by atoms with Crippen LogP contribution in [0.1, 0.15) is 19.1 Å². The molecule has 0 bridgehead atoms. The summed E-state index contributed by atoms with van der Waals surface area (Å²) >= 11 is 0. The number of benzene rings is 1. The molecule has 2 aromatic rings. The Kier molecular flexibility index (Phi) is 3.69. The molecule has 1 heterocycles. The van der Waals surface area contributed by atoms with Gasteiger partial charge in [0.25, 0.3) is 0 Å². The summed E-state index contributed by atoms with van der Waals surface area (Å²) in [5.74, 6) is 3.55. The zero-order chi connectivity index (χ0) is 13.0. The first-order valence-corrected chi connectivity index (χ1v) is 5.88. The Hall–Kier alpha value is -2.21. The summed E-state index contributed by atoms with van der Waals surface area (Å²) in [5, 5.41) is 0.451. The van der Waals surface area contributed by atoms with E-state index in [1.54, 1.807) is 18.2 Å². The van der Waals surface area contributed by atoms with E-state index in [0.717, 1.165) is 12.8 Å². The van der Waals surface area contributed by atoms with E-state index in [2.05, 4.69) is 5.92 Å². The zero-order valence-corrected chi connectivity index (χ0v) is 10.2. The lowest BCUT2D eigenvalue weighted by atomic mass is 10.1. The molecule has 0 spiro atoms. The van der Waals surface area contributed by atoms with Crippen LogP contribution in [0.15, 0.2) is 33.5 Å². The Balaban J connectivity index is 2.57. The van der Waals surface area contributed by atoms with E-state index < -0.39 is 0 Å². The molecule has 92 valence electrons. The van der Waals surface area contributed by atoms with E-state index in [1.807, 2.05) is 6.92 Å². The van der Waals surface area contributed by atoms with E-state index in [0.29, 0.717) is 22.5 Å². The molecule has 0 unspecified atom stereocenters. The monoisotopic (exact) mass is 242 g/mol. The molecular formula is C15H14O3. The Bertz CT molecular complexity index is 647. The fraction of sp³-hybridized carbons (Fsp3) is 0.267. The maximum Gasteiger partial charge on any atom is 0.196 e. The quantitative estimate of drug-likeness (QED) is 0.774. The Morgan fingerprint density at radius 3 is 3.00 bits per heavy atom. The Labute approximate surface area is 105 Å². The summed E-state index contributed by atoms with van der Waals surface area (Å²) in [6.45, 7) is 2.17. The first-order valence-electron chi connectivity index (χ1n) is 5.88. The molecule has 0 saturated carbocycles. The first-order chi connectivity index (χ1) is 8.76. The maximum atomic E-state index is 12.1. The highest BCUT2D eigenvalue weighted by Gasteiger charge is 2.09. The van der Waals surface area contributed by atoms with Crippen molar-refractivity contribution in [3.8, 4) is 18.1 Å². The van der Waals surface area contributed by atoms with Gasteiger partial charge < -0.3 is 9.15 Å². The van der Waals surface area contributed by atoms with Crippen molar-refractivity contribution in [1.82, 2.24) is 0 Å². The lowest BCUT2D eigenvalue weighted by Crippen LogP contribution is -2.05. The number of hydrogen-bond acceptors (Lipinski definition) is 3. The van der Waals surface area contributed by atoms with Crippen molar-refractivity contribution in [3.63, 3.8) is 0 Å². The highest BCUT2D eigenvalue weighted by Crippen LogP contribution is 2.23. The van der Waals surface area contributed by atoms with Crippen molar-refractivity contribution in [2.24, 2.45) is 0 Å². The van der Waals surface area contributed by atoms with E-state index in [4.69, 9.17) is 15.6 Å². The van der Waals surface area contributed by atoms with Crippen LogP contribution in [0, 0.1) is 12.3 Å². The lowest BCUT2D eigenvalue weighted by Gasteiger charge is -2.06. The lowest BCUT2D eigenvalue weighted by molar-refractivity contribution is 0.374. The molecule has 0 fully saturated rings. The summed E-state index contributed by atoms with van der Waals surface area (Å²) in [6, 6.07) is 6.79. The number of terminal acetylenes is 1. The molecule has 0 aliphatic carbocycles. The fourth-order valence-electron chi connectivity index (χ4n) is 1.84. The van der Waals surface area contributed by atoms with Gasteiger partial charge in [-0.15, -0.1) is 6.42 Å². The van der Waals surface area contributed by atoms with Gasteiger partial charge in [0.05, 0.1) is 0 Å². The summed E-state index contributed by atoms with van der Waals surface area (Å²) in [7, 11) is 0. The molecule has 0 saturated heterocycles. The second kappa shape index (κ2) is 5.42. The van der Waals surface area contributed by atoms with Crippen molar-refractivity contribution in [2.45, 2.75) is 19.8 Å². The fourth-order valence-corrected chi connectivity index (χ4v) is 1.84. The SMILES string of the molecule is C#CCOc1cccc2oc(CCC)cc(=O)c12. The largest absolute Gasteiger partial charge is 0.480 e. The average molecular weight is 242 g/mol. The minimum absolute atomic E-state index is 0.0904. The molecule has 0 N–H and O–H groups in total. The molecule has 3 heteroatoms. The third-order valence-corrected chi connectivity index (χ3v) is 2.57. The standard InChI is InChI=1S/C15H14O3/c1-3-6-11-10-12(16)15-13(17-9-4-2)7-5-8-14(15)18-11/h2,5,7-8,10H,3,6,9H2,1H3. The number of ether oxygens (including phenoxy) is 1. The molecule has 1 aromatic carbocycles. The van der Waals surface area contributed by atoms with Gasteiger partial charge in [0.1, 0.15) is 29.1 Å². The van der Waals surface area contributed by atoms with E-state index >= 15 is 0 Å². The summed E-state index contributed by atoms with van der Waals surface area (Å²) in [4.78, 5) is 12.1. The minimum atomic E-state index is -0.0904. The molecule has 0 atom stereocenters. The van der Waals surface area contributed by atoms with Crippen LogP contribution in [-0.4, -0.2) is 6.61 Å². The van der Waals surface area contributed by atoms with Gasteiger partial charge in [-0.25, -0.2) is 0 Å². The van der Waals surface area contributed by atoms with Crippen LogP contribution >= 0.6 is 0 Å². The van der Waals surface area contributed by atoms with Crippen LogP contribution in [0.5, 0.6) is 5.75 Å². The molecule has 1 aromatic heterocycles. The Morgan fingerprint density at radius 2 is 2.28 bits per heavy atom. The number of rotatable bonds is 4. The third kappa shape index (κ3) is 2.38. The van der Waals surface area contributed by atoms with Crippen LogP contribution in [0.4, 0.5) is 0 Å². The summed E-state index contributed by atoms with van der Waals surface area (Å²) in [5.41, 5.74) is 0.452. The molecule has 0 aliphatic rings. The van der Waals surface area contributed by atoms with E-state index in [-0.39, 0.29) is 12.0 Å². The van der Waals surface area contributed by atoms with Crippen LogP contribution in [0.25, 0.3) is 11.0 Å². The number of fused-ring (bicyclic) bond motifs is 1. The second-order valence-electron chi connectivity index (χ2n) is 3.95. The Morgan fingerprint density at radius 1 is 1.44 bits per heavy atom. The molecule has 0 amide bonds. The highest BCUT2D eigenvalue weighted by molar-refractivity contribution is 5.83. The normalized spacial score (nSPS) is 10.2. The smallest absolute Gasteiger partial charge is 0.196 e. The van der Waals surface area contributed by atoms with Crippen LogP contribution in [0.3, 0.4) is 0 Å². The van der Waals surface area contributed by atoms with Gasteiger partial charge in [0.2, 0.25) is 0 Å². The third-order valence-electron chi connectivity index (χ3n) is 2.57. The predicted molar refractivity (Wildman–Crippen MR) is 70.8 cm³/mol. The van der Waals surface area contributed by atoms with Gasteiger partial charge in [-0.1, -0.05) is 18.9 Å². The topological polar surface area (TPSA) is 39.4 Å². The van der Waals surface area contributed by atoms with Gasteiger partial charge in [0, 0.05) is 12.5 Å². The van der Waals surface area contributed by atoms with Crippen molar-refractivity contribution >= 4 is 11.0 Å². The molecule has 3 nitrogen and oxygen atoms in total. The van der Waals surface area contributed by atoms with Crippen LogP contribution in [0.2, 0.25) is 0 Å². The number of aryl methyl sites for hydroxylation is 1. The molecular weight excluding hydrogens is 228 g/mol. The zero-order valence-electron chi connectivity index (χ0n) is 10.2. The first kappa shape index (κ1) is 12.3. The molecule has 0 aliphatic heterocycles. The van der Waals surface area contributed by atoms with Crippen molar-refractivity contribution in [2.75, 3.05) is 6.61 Å². The van der Waals surface area contributed by atoms with Gasteiger partial charge in [0.15, 0.2) is 5.43 Å². The van der Waals surface area contributed by atoms with Crippen LogP contribution in [-0.2, 0) is 6.42 Å². The molecule has 2 rings (SSSR count). The average Bonchev–Trinajstić information content (AvgIpc) is 2.36. The van der Waals surface area contributed by atoms with E-state index in [1.165, 1.54) is 6.07 Å². The maximum absolute atomic E-state index is 12.1. The second-order valence-corrected chi connectivity index (χ2v) is 3.95. The summed E-state index contributed by atoms with van der Waals surface area (Å²) in [6.07, 6.45) is 6.83. The van der Waals surface area contributed by atoms with Crippen molar-refractivity contribution in [3.05, 3.63) is 40.2 Å². The van der Waals surface area contributed by atoms with Gasteiger partial charge in [-0.2, -0.15) is 0 Å². The number of hydrogen-bond donors (Lipinski definition) is 0. The molecule has 0 radical (unpaired) electrons. The van der Waals surface area contributed by atoms with Crippen molar-refractivity contribution < 1.29 is 9.15 Å². The van der Waals surface area contributed by atoms with Gasteiger partial charge >= 0.3 is 0 Å². The van der Waals surface area contributed by atoms with Gasteiger partial charge in [-0.05, 0) is 18.6 Å². The van der Waals surface area contributed by atoms with Crippen molar-refractivity contribution in [1.29, 1.82) is 0 Å². The predicted octanol–water partition coefficient (Wildman–Crippen LogP) is 2.76. The van der Waals surface area contributed by atoms with Gasteiger partial charge in [-0.3, -0.25) is 4.79 Å². The minimum Gasteiger partial charge on any atom is -0.480 e.